The monoisotopic (exact) mass is 419 g/mol. The van der Waals surface area contributed by atoms with E-state index >= 15 is 0 Å². The third-order valence-electron chi connectivity index (χ3n) is 7.44. The third-order valence-corrected chi connectivity index (χ3v) is 8.04. The highest BCUT2D eigenvalue weighted by Crippen LogP contribution is 2.45. The molecule has 3 heteroatoms. The van der Waals surface area contributed by atoms with Crippen molar-refractivity contribution in [1.82, 2.24) is 0 Å². The summed E-state index contributed by atoms with van der Waals surface area (Å²) in [7, 11) is 0. The Balaban J connectivity index is 1.44. The highest BCUT2D eigenvalue weighted by Gasteiger charge is 2.31. The summed E-state index contributed by atoms with van der Waals surface area (Å²) in [6.45, 7) is 2.30. The molecule has 0 atom stereocenters. The second-order valence-corrected chi connectivity index (χ2v) is 10.0. The first-order valence-electron chi connectivity index (χ1n) is 11.5. The first-order chi connectivity index (χ1) is 13.6. The number of rotatable bonds is 7. The summed E-state index contributed by atoms with van der Waals surface area (Å²) in [6, 6.07) is 6.05. The van der Waals surface area contributed by atoms with E-state index in [1.807, 2.05) is 12.1 Å². The maximum absolute atomic E-state index is 9.15. The van der Waals surface area contributed by atoms with Gasteiger partial charge in [0.2, 0.25) is 0 Å². The van der Waals surface area contributed by atoms with Gasteiger partial charge in [-0.3, -0.25) is 0 Å². The van der Waals surface area contributed by atoms with Crippen molar-refractivity contribution in [3.05, 3.63) is 33.3 Å². The van der Waals surface area contributed by atoms with Crippen molar-refractivity contribution in [3.63, 3.8) is 0 Å². The lowest BCUT2D eigenvalue weighted by Crippen LogP contribution is -2.25. The van der Waals surface area contributed by atoms with Gasteiger partial charge in [0, 0.05) is 0 Å². The third kappa shape index (κ3) is 5.67. The van der Waals surface area contributed by atoms with E-state index in [2.05, 4.69) is 13.0 Å². The maximum atomic E-state index is 9.15. The van der Waals surface area contributed by atoms with Crippen LogP contribution < -0.4 is 0 Å². The summed E-state index contributed by atoms with van der Waals surface area (Å²) < 4.78 is 0. The number of nitrogens with zero attached hydrogens (tertiary/aromatic N) is 1. The number of benzene rings is 1. The van der Waals surface area contributed by atoms with Gasteiger partial charge in [-0.15, -0.1) is 0 Å². The van der Waals surface area contributed by atoms with Gasteiger partial charge in [-0.25, -0.2) is 0 Å². The molecule has 0 spiro atoms. The topological polar surface area (TPSA) is 23.8 Å². The molecule has 0 heterocycles. The Kier molecular flexibility index (Phi) is 8.55. The minimum atomic E-state index is 0.409. The number of hydrogen-bond acceptors (Lipinski definition) is 1. The van der Waals surface area contributed by atoms with Gasteiger partial charge < -0.3 is 0 Å². The van der Waals surface area contributed by atoms with E-state index in [1.54, 1.807) is 0 Å². The zero-order valence-electron chi connectivity index (χ0n) is 17.4. The molecule has 2 fully saturated rings. The predicted molar refractivity (Wildman–Crippen MR) is 120 cm³/mol. The maximum Gasteiger partial charge on any atom is 0.102 e. The second-order valence-electron chi connectivity index (χ2n) is 9.21. The number of nitriles is 1. The molecule has 0 aliphatic heterocycles. The van der Waals surface area contributed by atoms with Crippen molar-refractivity contribution in [2.75, 3.05) is 0 Å². The van der Waals surface area contributed by atoms with E-state index in [9.17, 15) is 0 Å². The average molecular weight is 420 g/mol. The van der Waals surface area contributed by atoms with Crippen LogP contribution in [0.4, 0.5) is 0 Å². The smallest absolute Gasteiger partial charge is 0.102 e. The van der Waals surface area contributed by atoms with Crippen LogP contribution in [0.25, 0.3) is 0 Å². The van der Waals surface area contributed by atoms with Crippen molar-refractivity contribution in [2.24, 2.45) is 17.8 Å². The van der Waals surface area contributed by atoms with Crippen molar-refractivity contribution >= 4 is 23.2 Å². The predicted octanol–water partition coefficient (Wildman–Crippen LogP) is 8.92. The fourth-order valence-electron chi connectivity index (χ4n) is 5.67. The summed E-state index contributed by atoms with van der Waals surface area (Å²) in [4.78, 5) is 0. The minimum absolute atomic E-state index is 0.409. The zero-order chi connectivity index (χ0) is 19.9. The van der Waals surface area contributed by atoms with E-state index in [1.165, 1.54) is 89.0 Å². The first-order valence-corrected chi connectivity index (χ1v) is 12.3. The molecule has 1 nitrogen and oxygen atoms in total. The van der Waals surface area contributed by atoms with Gasteiger partial charge in [-0.2, -0.15) is 5.26 Å². The van der Waals surface area contributed by atoms with Gasteiger partial charge in [0.25, 0.3) is 0 Å². The first kappa shape index (κ1) is 22.0. The molecular weight excluding hydrogens is 385 g/mol. The molecule has 0 bridgehead atoms. The molecule has 0 saturated heterocycles. The fraction of sp³-hybridized carbons (Fsp3) is 0.720. The largest absolute Gasteiger partial charge is 0.192 e. The summed E-state index contributed by atoms with van der Waals surface area (Å²) in [5, 5.41) is 10.2. The van der Waals surface area contributed by atoms with Crippen LogP contribution >= 0.6 is 23.2 Å². The van der Waals surface area contributed by atoms with Crippen LogP contribution in [0.1, 0.15) is 107 Å². The lowest BCUT2D eigenvalue weighted by atomic mass is 9.68. The summed E-state index contributed by atoms with van der Waals surface area (Å²) in [6.07, 6.45) is 18.1. The summed E-state index contributed by atoms with van der Waals surface area (Å²) >= 11 is 12.5. The quantitative estimate of drug-likeness (QED) is 0.404. The molecule has 0 unspecified atom stereocenters. The van der Waals surface area contributed by atoms with Gasteiger partial charge in [0.1, 0.15) is 6.07 Å². The molecule has 3 rings (SSSR count). The fourth-order valence-corrected chi connectivity index (χ4v) is 6.26. The van der Waals surface area contributed by atoms with Gasteiger partial charge in [0.15, 0.2) is 0 Å². The average Bonchev–Trinajstić information content (AvgIpc) is 2.72. The van der Waals surface area contributed by atoms with Crippen LogP contribution in [-0.2, 0) is 0 Å². The normalized spacial score (nSPS) is 28.1. The zero-order valence-corrected chi connectivity index (χ0v) is 18.9. The molecule has 28 heavy (non-hydrogen) atoms. The van der Waals surface area contributed by atoms with Crippen LogP contribution in [-0.4, -0.2) is 0 Å². The Labute approximate surface area is 181 Å². The second kappa shape index (κ2) is 10.9. The lowest BCUT2D eigenvalue weighted by Gasteiger charge is -2.38. The van der Waals surface area contributed by atoms with Crippen molar-refractivity contribution in [2.45, 2.75) is 96.3 Å². The number of hydrogen-bond donors (Lipinski definition) is 0. The van der Waals surface area contributed by atoms with Gasteiger partial charge in [0.05, 0.1) is 15.6 Å². The van der Waals surface area contributed by atoms with E-state index in [0.717, 1.165) is 17.8 Å². The molecule has 2 aliphatic rings. The van der Waals surface area contributed by atoms with Crippen molar-refractivity contribution in [1.29, 1.82) is 5.26 Å². The Bertz CT molecular complexity index is 639. The molecular formula is C25H35Cl2N. The molecule has 2 aliphatic carbocycles. The van der Waals surface area contributed by atoms with Gasteiger partial charge in [-0.05, 0) is 79.9 Å². The van der Waals surface area contributed by atoms with Gasteiger partial charge in [-0.1, -0.05) is 75.1 Å². The molecule has 0 amide bonds. The SMILES string of the molecule is CCCCCC[C@H]1CC[C@H](C2CCC(c3cc(Cl)c(C#N)c(Cl)c3)CC2)CC1. The molecule has 0 N–H and O–H groups in total. The van der Waals surface area contributed by atoms with Crippen molar-refractivity contribution in [3.8, 4) is 6.07 Å². The van der Waals surface area contributed by atoms with Crippen LogP contribution in [0.3, 0.4) is 0 Å². The van der Waals surface area contributed by atoms with Crippen molar-refractivity contribution < 1.29 is 0 Å². The Morgan fingerprint density at radius 3 is 1.96 bits per heavy atom. The molecule has 0 radical (unpaired) electrons. The van der Waals surface area contributed by atoms with Crippen LogP contribution in [0.2, 0.25) is 10.0 Å². The number of unbranched alkanes of at least 4 members (excludes halogenated alkanes) is 3. The van der Waals surface area contributed by atoms with E-state index in [-0.39, 0.29) is 0 Å². The van der Waals surface area contributed by atoms with E-state index in [0.29, 0.717) is 21.5 Å². The highest BCUT2D eigenvalue weighted by atomic mass is 35.5. The highest BCUT2D eigenvalue weighted by molar-refractivity contribution is 6.36. The van der Waals surface area contributed by atoms with Gasteiger partial charge >= 0.3 is 0 Å². The number of halogens is 2. The lowest BCUT2D eigenvalue weighted by molar-refractivity contribution is 0.155. The molecule has 1 aromatic rings. The minimum Gasteiger partial charge on any atom is -0.192 e. The Morgan fingerprint density at radius 1 is 0.857 bits per heavy atom. The van der Waals surface area contributed by atoms with Crippen LogP contribution in [0, 0.1) is 29.1 Å². The summed E-state index contributed by atoms with van der Waals surface area (Å²) in [5.41, 5.74) is 1.63. The molecule has 1 aromatic carbocycles. The summed E-state index contributed by atoms with van der Waals surface area (Å²) in [5.74, 6) is 3.43. The van der Waals surface area contributed by atoms with E-state index < -0.39 is 0 Å². The standard InChI is InChI=1S/C25H35Cl2N/c1-2-3-4-5-6-18-7-9-19(10-8-18)20-11-13-21(14-12-20)22-15-24(26)23(17-28)25(27)16-22/h15-16,18-21H,2-14H2,1H3/t18-,19-,20?,21?. The molecule has 154 valence electrons. The Morgan fingerprint density at radius 2 is 1.43 bits per heavy atom. The Hall–Kier alpha value is -0.710. The van der Waals surface area contributed by atoms with Crippen LogP contribution in [0.5, 0.6) is 0 Å². The molecule has 0 aromatic heterocycles. The molecule has 2 saturated carbocycles. The van der Waals surface area contributed by atoms with Crippen LogP contribution in [0.15, 0.2) is 12.1 Å². The van der Waals surface area contributed by atoms with E-state index in [4.69, 9.17) is 28.5 Å².